The molecule has 8 heteroatoms. The largest absolute Gasteiger partial charge is 0.467 e. The lowest BCUT2D eigenvalue weighted by Gasteiger charge is -2.20. The van der Waals surface area contributed by atoms with Crippen LogP contribution in [0.3, 0.4) is 0 Å². The lowest BCUT2D eigenvalue weighted by atomic mass is 10.1. The van der Waals surface area contributed by atoms with Gasteiger partial charge >= 0.3 is 5.97 Å². The van der Waals surface area contributed by atoms with Crippen LogP contribution >= 0.6 is 11.8 Å². The van der Waals surface area contributed by atoms with E-state index in [9.17, 15) is 14.4 Å². The fraction of sp³-hybridized carbons (Fsp3) is 0.208. The molecule has 0 radical (unpaired) electrons. The number of amides is 2. The summed E-state index contributed by atoms with van der Waals surface area (Å²) in [6.45, 7) is -0.165. The Hall–Kier alpha value is -3.52. The summed E-state index contributed by atoms with van der Waals surface area (Å²) < 4.78 is 10.5. The zero-order valence-corrected chi connectivity index (χ0v) is 18.3. The highest BCUT2D eigenvalue weighted by atomic mass is 32.2. The average molecular weight is 451 g/mol. The first-order valence-corrected chi connectivity index (χ1v) is 11.0. The van der Waals surface area contributed by atoms with E-state index in [0.29, 0.717) is 23.4 Å². The molecule has 164 valence electrons. The predicted molar refractivity (Wildman–Crippen MR) is 120 cm³/mol. The van der Waals surface area contributed by atoms with Gasteiger partial charge in [0.15, 0.2) is 6.61 Å². The molecule has 2 amide bonds. The Kier molecular flexibility index (Phi) is 6.61. The number of nitrogens with zero attached hydrogens (tertiary/aromatic N) is 1. The second kappa shape index (κ2) is 9.74. The Morgan fingerprint density at radius 3 is 2.66 bits per heavy atom. The summed E-state index contributed by atoms with van der Waals surface area (Å²) >= 11 is 1.45. The molecule has 1 unspecified atom stereocenters. The summed E-state index contributed by atoms with van der Waals surface area (Å²) in [7, 11) is 1.55. The number of benzene rings is 2. The molecule has 0 spiro atoms. The highest BCUT2D eigenvalue weighted by Gasteiger charge is 2.30. The van der Waals surface area contributed by atoms with E-state index in [2.05, 4.69) is 5.32 Å². The van der Waals surface area contributed by atoms with Gasteiger partial charge in [-0.05, 0) is 42.3 Å². The number of esters is 1. The van der Waals surface area contributed by atoms with Crippen LogP contribution in [0.25, 0.3) is 0 Å². The molecule has 1 atom stereocenters. The molecule has 1 N–H and O–H groups in total. The van der Waals surface area contributed by atoms with Gasteiger partial charge in [0.05, 0.1) is 24.1 Å². The first kappa shape index (κ1) is 21.7. The molecule has 2 aromatic carbocycles. The summed E-state index contributed by atoms with van der Waals surface area (Å²) in [6.07, 6.45) is 2.12. The summed E-state index contributed by atoms with van der Waals surface area (Å²) in [5.74, 6) is -0.560. The zero-order chi connectivity index (χ0) is 22.5. The number of ether oxygens (including phenoxy) is 1. The van der Waals surface area contributed by atoms with E-state index < -0.39 is 18.5 Å². The smallest absolute Gasteiger partial charge is 0.320 e. The van der Waals surface area contributed by atoms with Crippen molar-refractivity contribution < 1.29 is 23.5 Å². The van der Waals surface area contributed by atoms with Gasteiger partial charge in [0.25, 0.3) is 11.8 Å². The van der Waals surface area contributed by atoms with Gasteiger partial charge in [0.1, 0.15) is 11.0 Å². The fourth-order valence-corrected chi connectivity index (χ4v) is 4.60. The Labute approximate surface area is 189 Å². The monoisotopic (exact) mass is 450 g/mol. The second-order valence-corrected chi connectivity index (χ2v) is 8.50. The Bertz CT molecular complexity index is 1100. The Morgan fingerprint density at radius 2 is 1.88 bits per heavy atom. The molecule has 1 aliphatic heterocycles. The molecule has 0 bridgehead atoms. The van der Waals surface area contributed by atoms with Crippen molar-refractivity contribution in [2.24, 2.45) is 0 Å². The third-order valence-electron chi connectivity index (χ3n) is 5.14. The van der Waals surface area contributed by atoms with Crippen LogP contribution in [0.4, 0.5) is 5.69 Å². The van der Waals surface area contributed by atoms with Crippen LogP contribution in [0.15, 0.2) is 76.2 Å². The third kappa shape index (κ3) is 4.86. The van der Waals surface area contributed by atoms with E-state index in [1.165, 1.54) is 22.9 Å². The van der Waals surface area contributed by atoms with E-state index >= 15 is 0 Å². The number of anilines is 1. The molecule has 0 saturated carbocycles. The number of carbonyl (C=O) groups excluding carboxylic acids is 3. The van der Waals surface area contributed by atoms with Crippen molar-refractivity contribution in [3.05, 3.63) is 83.8 Å². The molecule has 7 nitrogen and oxygen atoms in total. The van der Waals surface area contributed by atoms with Crippen LogP contribution in [-0.4, -0.2) is 36.7 Å². The van der Waals surface area contributed by atoms with E-state index in [4.69, 9.17) is 9.15 Å². The first-order valence-electron chi connectivity index (χ1n) is 10.1. The number of rotatable bonds is 7. The number of para-hydroxylation sites is 1. The number of hydrogen-bond donors (Lipinski definition) is 1. The lowest BCUT2D eigenvalue weighted by Crippen LogP contribution is -2.34. The van der Waals surface area contributed by atoms with Gasteiger partial charge in [-0.2, -0.15) is 0 Å². The van der Waals surface area contributed by atoms with Crippen molar-refractivity contribution >= 4 is 35.2 Å². The molecule has 3 aromatic rings. The van der Waals surface area contributed by atoms with Crippen LogP contribution in [0.5, 0.6) is 0 Å². The standard InChI is InChI=1S/C24H22N2O5S/c1-26(19-10-4-3-9-18(19)23(28)25-14-17-8-6-12-30-17)22(27)15-31-24(29)21-13-16-7-2-5-11-20(16)32-21/h2-12,21H,13-15H2,1H3,(H,25,28). The van der Waals surface area contributed by atoms with Crippen molar-refractivity contribution in [1.29, 1.82) is 0 Å². The molecule has 0 aliphatic carbocycles. The molecule has 0 saturated heterocycles. The fourth-order valence-electron chi connectivity index (χ4n) is 3.40. The summed E-state index contributed by atoms with van der Waals surface area (Å²) in [4.78, 5) is 40.2. The Morgan fingerprint density at radius 1 is 1.09 bits per heavy atom. The zero-order valence-electron chi connectivity index (χ0n) is 17.4. The van der Waals surface area contributed by atoms with Crippen LogP contribution in [0.1, 0.15) is 21.7 Å². The van der Waals surface area contributed by atoms with Crippen LogP contribution < -0.4 is 10.2 Å². The van der Waals surface area contributed by atoms with Crippen molar-refractivity contribution in [1.82, 2.24) is 5.32 Å². The predicted octanol–water partition coefficient (Wildman–Crippen LogP) is 3.43. The van der Waals surface area contributed by atoms with E-state index in [-0.39, 0.29) is 17.7 Å². The number of carbonyl (C=O) groups is 3. The summed E-state index contributed by atoms with van der Waals surface area (Å²) in [6, 6.07) is 18.1. The molecule has 1 aliphatic rings. The maximum absolute atomic E-state index is 12.7. The quantitative estimate of drug-likeness (QED) is 0.555. The molecule has 2 heterocycles. The van der Waals surface area contributed by atoms with Gasteiger partial charge in [-0.3, -0.25) is 14.4 Å². The maximum Gasteiger partial charge on any atom is 0.320 e. The van der Waals surface area contributed by atoms with Gasteiger partial charge in [0, 0.05) is 11.9 Å². The van der Waals surface area contributed by atoms with Crippen molar-refractivity contribution in [3.63, 3.8) is 0 Å². The van der Waals surface area contributed by atoms with Crippen LogP contribution in [0, 0.1) is 0 Å². The molecule has 0 fully saturated rings. The van der Waals surface area contributed by atoms with Gasteiger partial charge < -0.3 is 19.4 Å². The number of nitrogens with one attached hydrogen (secondary N) is 1. The number of fused-ring (bicyclic) bond motifs is 1. The van der Waals surface area contributed by atoms with Crippen molar-refractivity contribution in [2.75, 3.05) is 18.6 Å². The van der Waals surface area contributed by atoms with E-state index in [1.807, 2.05) is 24.3 Å². The van der Waals surface area contributed by atoms with Gasteiger partial charge in [0.2, 0.25) is 0 Å². The highest BCUT2D eigenvalue weighted by molar-refractivity contribution is 8.01. The van der Waals surface area contributed by atoms with Crippen molar-refractivity contribution in [3.8, 4) is 0 Å². The minimum atomic E-state index is -0.426. The Balaban J connectivity index is 1.34. The normalized spacial score (nSPS) is 14.5. The topological polar surface area (TPSA) is 88.8 Å². The van der Waals surface area contributed by atoms with E-state index in [1.54, 1.807) is 43.4 Å². The minimum absolute atomic E-state index is 0.233. The average Bonchev–Trinajstić information content (AvgIpc) is 3.50. The van der Waals surface area contributed by atoms with Gasteiger partial charge in [-0.1, -0.05) is 30.3 Å². The highest BCUT2D eigenvalue weighted by Crippen LogP contribution is 2.37. The number of hydrogen-bond acceptors (Lipinski definition) is 6. The van der Waals surface area contributed by atoms with Crippen molar-refractivity contribution in [2.45, 2.75) is 23.1 Å². The molecular formula is C24H22N2O5S. The third-order valence-corrected chi connectivity index (χ3v) is 6.43. The van der Waals surface area contributed by atoms with Gasteiger partial charge in [-0.15, -0.1) is 11.8 Å². The van der Waals surface area contributed by atoms with Crippen LogP contribution in [-0.2, 0) is 27.3 Å². The maximum atomic E-state index is 12.7. The minimum Gasteiger partial charge on any atom is -0.467 e. The number of thioether (sulfide) groups is 1. The summed E-state index contributed by atoms with van der Waals surface area (Å²) in [5, 5.41) is 2.42. The van der Waals surface area contributed by atoms with Gasteiger partial charge in [-0.25, -0.2) is 0 Å². The molecule has 1 aromatic heterocycles. The molecule has 4 rings (SSSR count). The van der Waals surface area contributed by atoms with E-state index in [0.717, 1.165) is 10.5 Å². The SMILES string of the molecule is CN(C(=O)COC(=O)C1Cc2ccccc2S1)c1ccccc1C(=O)NCc1ccco1. The van der Waals surface area contributed by atoms with Crippen LogP contribution in [0.2, 0.25) is 0 Å². The molecular weight excluding hydrogens is 428 g/mol. The number of likely N-dealkylation sites (N-methyl/N-ethyl adjacent to an activating group) is 1. The molecule has 32 heavy (non-hydrogen) atoms. The summed E-state index contributed by atoms with van der Waals surface area (Å²) in [5.41, 5.74) is 1.87. The number of furan rings is 1. The second-order valence-electron chi connectivity index (χ2n) is 7.26. The lowest BCUT2D eigenvalue weighted by molar-refractivity contribution is -0.147. The first-order chi connectivity index (χ1) is 15.5.